The van der Waals surface area contributed by atoms with Crippen molar-refractivity contribution in [2.24, 2.45) is 0 Å². The number of carbonyl (C=O) groups excluding carboxylic acids is 1. The third-order valence-electron chi connectivity index (χ3n) is 2.71. The Morgan fingerprint density at radius 3 is 2.39 bits per heavy atom. The molecular weight excluding hydrogens is 274 g/mol. The molecular formula is C14H9Cl2FO. The molecule has 0 unspecified atom stereocenters. The van der Waals surface area contributed by atoms with Crippen molar-refractivity contribution >= 4 is 29.0 Å². The van der Waals surface area contributed by atoms with Gasteiger partial charge in [0, 0.05) is 16.1 Å². The van der Waals surface area contributed by atoms with Crippen LogP contribution in [0.5, 0.6) is 0 Å². The lowest BCUT2D eigenvalue weighted by Crippen LogP contribution is -2.05. The minimum atomic E-state index is -0.609. The Labute approximate surface area is 114 Å². The number of carbonyl (C=O) groups is 1. The summed E-state index contributed by atoms with van der Waals surface area (Å²) in [5.74, 6) is -0.943. The summed E-state index contributed by atoms with van der Waals surface area (Å²) in [6, 6.07) is 9.17. The summed E-state index contributed by atoms with van der Waals surface area (Å²) < 4.78 is 13.3. The molecule has 2 rings (SSSR count). The average Bonchev–Trinajstić information content (AvgIpc) is 2.35. The van der Waals surface area contributed by atoms with E-state index >= 15 is 0 Å². The highest BCUT2D eigenvalue weighted by Crippen LogP contribution is 2.26. The van der Waals surface area contributed by atoms with Crippen LogP contribution in [0.15, 0.2) is 36.4 Å². The van der Waals surface area contributed by atoms with Crippen LogP contribution in [-0.2, 0) is 0 Å². The number of rotatable bonds is 2. The molecule has 1 nitrogen and oxygen atoms in total. The van der Waals surface area contributed by atoms with E-state index < -0.39 is 5.82 Å². The fraction of sp³-hybridized carbons (Fsp3) is 0.0714. The summed E-state index contributed by atoms with van der Waals surface area (Å²) in [5, 5.41) is 0.329. The maximum Gasteiger partial charge on any atom is 0.194 e. The van der Waals surface area contributed by atoms with Crippen LogP contribution in [0.2, 0.25) is 10.0 Å². The molecule has 0 saturated carbocycles. The van der Waals surface area contributed by atoms with Crippen molar-refractivity contribution in [2.45, 2.75) is 6.92 Å². The number of hydrogen-bond acceptors (Lipinski definition) is 1. The van der Waals surface area contributed by atoms with Crippen LogP contribution in [0.1, 0.15) is 21.5 Å². The maximum absolute atomic E-state index is 13.3. The normalized spacial score (nSPS) is 10.4. The largest absolute Gasteiger partial charge is 0.289 e. The first-order valence-electron chi connectivity index (χ1n) is 5.26. The Hall–Kier alpha value is -1.38. The van der Waals surface area contributed by atoms with Gasteiger partial charge < -0.3 is 0 Å². The van der Waals surface area contributed by atoms with Gasteiger partial charge in [-0.15, -0.1) is 0 Å². The third kappa shape index (κ3) is 2.26. The topological polar surface area (TPSA) is 17.1 Å². The van der Waals surface area contributed by atoms with Crippen molar-refractivity contribution in [1.82, 2.24) is 0 Å². The van der Waals surface area contributed by atoms with Gasteiger partial charge in [0.2, 0.25) is 0 Å². The molecule has 0 fully saturated rings. The number of ketones is 1. The van der Waals surface area contributed by atoms with Crippen molar-refractivity contribution in [3.63, 3.8) is 0 Å². The predicted octanol–water partition coefficient (Wildman–Crippen LogP) is 4.67. The highest BCUT2D eigenvalue weighted by molar-refractivity contribution is 6.35. The summed E-state index contributed by atoms with van der Waals surface area (Å²) in [7, 11) is 0. The van der Waals surface area contributed by atoms with Gasteiger partial charge >= 0.3 is 0 Å². The molecule has 0 radical (unpaired) electrons. The Bertz CT molecular complexity index is 570. The molecule has 4 heteroatoms. The zero-order chi connectivity index (χ0) is 13.3. The first-order chi connectivity index (χ1) is 8.52. The number of benzene rings is 2. The van der Waals surface area contributed by atoms with Crippen LogP contribution in [-0.4, -0.2) is 5.78 Å². The molecule has 0 aliphatic rings. The Morgan fingerprint density at radius 1 is 1.06 bits per heavy atom. The van der Waals surface area contributed by atoms with E-state index in [0.29, 0.717) is 16.1 Å². The van der Waals surface area contributed by atoms with Crippen molar-refractivity contribution in [1.29, 1.82) is 0 Å². The monoisotopic (exact) mass is 282 g/mol. The molecule has 0 spiro atoms. The van der Waals surface area contributed by atoms with Gasteiger partial charge in [-0.1, -0.05) is 41.4 Å². The van der Waals surface area contributed by atoms with E-state index in [4.69, 9.17) is 23.2 Å². The maximum atomic E-state index is 13.3. The quantitative estimate of drug-likeness (QED) is 0.732. The van der Waals surface area contributed by atoms with E-state index in [1.807, 2.05) is 0 Å². The van der Waals surface area contributed by atoms with Crippen molar-refractivity contribution in [2.75, 3.05) is 0 Å². The van der Waals surface area contributed by atoms with Crippen molar-refractivity contribution in [3.8, 4) is 0 Å². The third-order valence-corrected chi connectivity index (χ3v) is 3.50. The van der Waals surface area contributed by atoms with E-state index in [2.05, 4.69) is 0 Å². The van der Waals surface area contributed by atoms with Crippen molar-refractivity contribution < 1.29 is 9.18 Å². The molecule has 0 saturated heterocycles. The van der Waals surface area contributed by atoms with Gasteiger partial charge in [0.05, 0.1) is 5.02 Å². The molecule has 18 heavy (non-hydrogen) atoms. The highest BCUT2D eigenvalue weighted by atomic mass is 35.5. The molecule has 0 amide bonds. The predicted molar refractivity (Wildman–Crippen MR) is 71.0 cm³/mol. The van der Waals surface area contributed by atoms with Crippen LogP contribution in [0.4, 0.5) is 4.39 Å². The van der Waals surface area contributed by atoms with Gasteiger partial charge in [0.25, 0.3) is 0 Å². The SMILES string of the molecule is Cc1c(Cl)cccc1C(=O)c1cccc(F)c1Cl. The van der Waals surface area contributed by atoms with E-state index in [1.165, 1.54) is 18.2 Å². The second-order valence-electron chi connectivity index (χ2n) is 3.84. The van der Waals surface area contributed by atoms with Gasteiger partial charge in [-0.25, -0.2) is 4.39 Å². The standard InChI is InChI=1S/C14H9Cl2FO/c1-8-9(4-2-6-11(8)15)14(18)10-5-3-7-12(17)13(10)16/h2-7H,1H3. The van der Waals surface area contributed by atoms with Crippen LogP contribution < -0.4 is 0 Å². The molecule has 0 aliphatic carbocycles. The van der Waals surface area contributed by atoms with E-state index in [-0.39, 0.29) is 16.4 Å². The zero-order valence-electron chi connectivity index (χ0n) is 9.51. The smallest absolute Gasteiger partial charge is 0.194 e. The Kier molecular flexibility index (Phi) is 3.69. The summed E-state index contributed by atoms with van der Waals surface area (Å²) in [6.07, 6.45) is 0. The van der Waals surface area contributed by atoms with Gasteiger partial charge in [0.1, 0.15) is 5.82 Å². The molecule has 0 heterocycles. The van der Waals surface area contributed by atoms with Crippen molar-refractivity contribution in [3.05, 3.63) is 69.0 Å². The number of halogens is 3. The lowest BCUT2D eigenvalue weighted by atomic mass is 9.99. The first-order valence-corrected chi connectivity index (χ1v) is 6.02. The van der Waals surface area contributed by atoms with Gasteiger partial charge in [0.15, 0.2) is 5.78 Å². The summed E-state index contributed by atoms with van der Waals surface area (Å²) in [6.45, 7) is 1.74. The summed E-state index contributed by atoms with van der Waals surface area (Å²) in [4.78, 5) is 12.3. The van der Waals surface area contributed by atoms with Gasteiger partial charge in [-0.05, 0) is 30.7 Å². The minimum Gasteiger partial charge on any atom is -0.289 e. The second kappa shape index (κ2) is 5.09. The second-order valence-corrected chi connectivity index (χ2v) is 4.63. The molecule has 2 aromatic carbocycles. The Morgan fingerprint density at radius 2 is 1.67 bits per heavy atom. The molecule has 92 valence electrons. The van der Waals surface area contributed by atoms with Crippen LogP contribution >= 0.6 is 23.2 Å². The zero-order valence-corrected chi connectivity index (χ0v) is 11.0. The van der Waals surface area contributed by atoms with Crippen LogP contribution in [0, 0.1) is 12.7 Å². The average molecular weight is 283 g/mol. The van der Waals surface area contributed by atoms with E-state index in [9.17, 15) is 9.18 Å². The van der Waals surface area contributed by atoms with Gasteiger partial charge in [-0.3, -0.25) is 4.79 Å². The Balaban J connectivity index is 2.55. The molecule has 0 atom stereocenters. The molecule has 0 bridgehead atoms. The fourth-order valence-corrected chi connectivity index (χ4v) is 2.06. The van der Waals surface area contributed by atoms with Gasteiger partial charge in [-0.2, -0.15) is 0 Å². The van der Waals surface area contributed by atoms with E-state index in [1.54, 1.807) is 25.1 Å². The molecule has 0 N–H and O–H groups in total. The minimum absolute atomic E-state index is 0.141. The first kappa shape index (κ1) is 13.1. The molecule has 2 aromatic rings. The highest BCUT2D eigenvalue weighted by Gasteiger charge is 2.17. The summed E-state index contributed by atoms with van der Waals surface area (Å²) >= 11 is 11.8. The lowest BCUT2D eigenvalue weighted by Gasteiger charge is -2.08. The van der Waals surface area contributed by atoms with E-state index in [0.717, 1.165) is 0 Å². The lowest BCUT2D eigenvalue weighted by molar-refractivity contribution is 0.103. The number of hydrogen-bond donors (Lipinski definition) is 0. The molecule has 0 aromatic heterocycles. The van der Waals surface area contributed by atoms with Crippen LogP contribution in [0.25, 0.3) is 0 Å². The summed E-state index contributed by atoms with van der Waals surface area (Å²) in [5.41, 5.74) is 1.22. The fourth-order valence-electron chi connectivity index (χ4n) is 1.68. The van der Waals surface area contributed by atoms with Crippen LogP contribution in [0.3, 0.4) is 0 Å². The molecule has 0 aliphatic heterocycles.